The molecule has 0 aliphatic rings. The van der Waals surface area contributed by atoms with E-state index in [0.717, 1.165) is 11.3 Å². The van der Waals surface area contributed by atoms with Gasteiger partial charge in [0.25, 0.3) is 11.8 Å². The first-order chi connectivity index (χ1) is 15.4. The highest BCUT2D eigenvalue weighted by Crippen LogP contribution is 2.18. The average Bonchev–Trinajstić information content (AvgIpc) is 2.81. The topological polar surface area (TPSA) is 70.6 Å². The van der Waals surface area contributed by atoms with Gasteiger partial charge < -0.3 is 5.32 Å². The van der Waals surface area contributed by atoms with Gasteiger partial charge in [0.15, 0.2) is 0 Å². The van der Waals surface area contributed by atoms with Crippen molar-refractivity contribution in [2.75, 3.05) is 5.32 Å². The smallest absolute Gasteiger partial charge is 0.255 e. The van der Waals surface area contributed by atoms with Crippen molar-refractivity contribution in [3.8, 4) is 0 Å². The molecule has 0 saturated heterocycles. The Morgan fingerprint density at radius 3 is 2.44 bits per heavy atom. The summed E-state index contributed by atoms with van der Waals surface area (Å²) < 4.78 is 0. The van der Waals surface area contributed by atoms with Gasteiger partial charge in [-0.3, -0.25) is 9.59 Å². The fourth-order valence-corrected chi connectivity index (χ4v) is 3.85. The van der Waals surface area contributed by atoms with Crippen molar-refractivity contribution in [1.82, 2.24) is 5.43 Å². The Morgan fingerprint density at radius 1 is 0.969 bits per heavy atom. The van der Waals surface area contributed by atoms with E-state index < -0.39 is 0 Å². The third-order valence-electron chi connectivity index (χ3n) is 4.67. The number of amides is 2. The molecule has 3 rings (SSSR count). The zero-order chi connectivity index (χ0) is 22.9. The van der Waals surface area contributed by atoms with Crippen molar-refractivity contribution >= 4 is 46.6 Å². The van der Waals surface area contributed by atoms with Crippen LogP contribution in [-0.4, -0.2) is 22.8 Å². The first kappa shape index (κ1) is 23.6. The van der Waals surface area contributed by atoms with E-state index in [4.69, 9.17) is 11.6 Å². The lowest BCUT2D eigenvalue weighted by Crippen LogP contribution is -2.27. The van der Waals surface area contributed by atoms with E-state index >= 15 is 0 Å². The van der Waals surface area contributed by atoms with Crippen molar-refractivity contribution in [2.45, 2.75) is 24.9 Å². The van der Waals surface area contributed by atoms with Crippen LogP contribution in [-0.2, 0) is 10.5 Å². The lowest BCUT2D eigenvalue weighted by atomic mass is 10.1. The molecule has 32 heavy (non-hydrogen) atoms. The molecule has 1 atom stereocenters. The van der Waals surface area contributed by atoms with Crippen molar-refractivity contribution in [3.63, 3.8) is 0 Å². The second-order valence-electron chi connectivity index (χ2n) is 7.16. The predicted molar refractivity (Wildman–Crippen MR) is 133 cm³/mol. The van der Waals surface area contributed by atoms with Gasteiger partial charge in [0, 0.05) is 22.0 Å². The van der Waals surface area contributed by atoms with Crippen molar-refractivity contribution < 1.29 is 9.59 Å². The molecule has 5 nitrogen and oxygen atoms in total. The van der Waals surface area contributed by atoms with E-state index in [-0.39, 0.29) is 17.1 Å². The summed E-state index contributed by atoms with van der Waals surface area (Å²) in [7, 11) is 0. The molecule has 0 saturated carbocycles. The number of hydrazone groups is 1. The molecule has 0 fully saturated rings. The normalized spacial score (nSPS) is 12.2. The minimum absolute atomic E-state index is 0.157. The second-order valence-corrected chi connectivity index (χ2v) is 8.92. The number of hydrogen-bond donors (Lipinski definition) is 2. The van der Waals surface area contributed by atoms with Gasteiger partial charge in [0.05, 0.1) is 11.0 Å². The number of benzene rings is 3. The zero-order valence-electron chi connectivity index (χ0n) is 17.8. The van der Waals surface area contributed by atoms with Crippen molar-refractivity contribution in [1.29, 1.82) is 0 Å². The molecular weight excluding hydrogens is 442 g/mol. The molecule has 2 N–H and O–H groups in total. The summed E-state index contributed by atoms with van der Waals surface area (Å²) in [5, 5.41) is 7.35. The SMILES string of the molecule is CC(=NNC(=O)[C@@H](C)SCc1ccccc1)c1cccc(NC(=O)c2cccc(Cl)c2)c1. The van der Waals surface area contributed by atoms with Gasteiger partial charge in [-0.2, -0.15) is 5.10 Å². The molecule has 0 aliphatic heterocycles. The Bertz CT molecular complexity index is 1120. The summed E-state index contributed by atoms with van der Waals surface area (Å²) in [4.78, 5) is 24.8. The van der Waals surface area contributed by atoms with Crippen LogP contribution < -0.4 is 10.7 Å². The third kappa shape index (κ3) is 6.97. The number of nitrogens with one attached hydrogen (secondary N) is 2. The minimum atomic E-state index is -0.253. The average molecular weight is 466 g/mol. The first-order valence-electron chi connectivity index (χ1n) is 10.1. The number of thioether (sulfide) groups is 1. The summed E-state index contributed by atoms with van der Waals surface area (Å²) in [6, 6.07) is 24.1. The lowest BCUT2D eigenvalue weighted by Gasteiger charge is -2.11. The predicted octanol–water partition coefficient (Wildman–Crippen LogP) is 5.75. The number of carbonyl (C=O) groups is 2. The van der Waals surface area contributed by atoms with Gasteiger partial charge in [0.2, 0.25) is 0 Å². The molecule has 0 spiro atoms. The first-order valence-corrected chi connectivity index (χ1v) is 11.5. The summed E-state index contributed by atoms with van der Waals surface area (Å²) in [6.45, 7) is 3.67. The molecule has 3 aromatic carbocycles. The van der Waals surface area contributed by atoms with Crippen LogP contribution >= 0.6 is 23.4 Å². The summed E-state index contributed by atoms with van der Waals surface area (Å²) in [5.41, 5.74) is 6.34. The maximum atomic E-state index is 12.4. The Hall–Kier alpha value is -3.09. The Kier molecular flexibility index (Phi) is 8.48. The van der Waals surface area contributed by atoms with Crippen LogP contribution in [0.5, 0.6) is 0 Å². The Morgan fingerprint density at radius 2 is 1.69 bits per heavy atom. The molecule has 3 aromatic rings. The molecule has 7 heteroatoms. The van der Waals surface area contributed by atoms with Gasteiger partial charge in [-0.1, -0.05) is 60.1 Å². The van der Waals surface area contributed by atoms with Crippen LogP contribution in [0, 0.1) is 0 Å². The Balaban J connectivity index is 1.57. The largest absolute Gasteiger partial charge is 0.322 e. The van der Waals surface area contributed by atoms with E-state index in [1.807, 2.05) is 49.4 Å². The maximum absolute atomic E-state index is 12.4. The minimum Gasteiger partial charge on any atom is -0.322 e. The highest BCUT2D eigenvalue weighted by Gasteiger charge is 2.13. The third-order valence-corrected chi connectivity index (χ3v) is 6.12. The molecule has 0 aliphatic carbocycles. The summed E-state index contributed by atoms with van der Waals surface area (Å²) in [5.74, 6) is 0.347. The van der Waals surface area contributed by atoms with Crippen LogP contribution in [0.25, 0.3) is 0 Å². The van der Waals surface area contributed by atoms with E-state index in [1.54, 1.807) is 55.1 Å². The number of halogens is 1. The molecular formula is C25H24ClN3O2S. The summed E-state index contributed by atoms with van der Waals surface area (Å²) in [6.07, 6.45) is 0. The number of nitrogens with zero attached hydrogens (tertiary/aromatic N) is 1. The Labute approximate surface area is 197 Å². The van der Waals surface area contributed by atoms with Crippen molar-refractivity contribution in [2.24, 2.45) is 5.10 Å². The second kappa shape index (κ2) is 11.5. The fraction of sp³-hybridized carbons (Fsp3) is 0.160. The lowest BCUT2D eigenvalue weighted by molar-refractivity contribution is -0.120. The van der Waals surface area contributed by atoms with E-state index in [0.29, 0.717) is 22.0 Å². The highest BCUT2D eigenvalue weighted by molar-refractivity contribution is 7.99. The van der Waals surface area contributed by atoms with Crippen molar-refractivity contribution in [3.05, 3.63) is 101 Å². The number of carbonyl (C=O) groups excluding carboxylic acids is 2. The van der Waals surface area contributed by atoms with Gasteiger partial charge in [0.1, 0.15) is 0 Å². The van der Waals surface area contributed by atoms with Crippen LogP contribution in [0.2, 0.25) is 5.02 Å². The van der Waals surface area contributed by atoms with Gasteiger partial charge in [-0.05, 0) is 55.3 Å². The van der Waals surface area contributed by atoms with Gasteiger partial charge in [-0.15, -0.1) is 11.8 Å². The van der Waals surface area contributed by atoms with Crippen LogP contribution in [0.1, 0.15) is 35.3 Å². The van der Waals surface area contributed by atoms with E-state index in [9.17, 15) is 9.59 Å². The molecule has 0 aromatic heterocycles. The molecule has 0 bridgehead atoms. The number of anilines is 1. The van der Waals surface area contributed by atoms with Crippen LogP contribution in [0.15, 0.2) is 84.0 Å². The monoisotopic (exact) mass is 465 g/mol. The molecule has 0 radical (unpaired) electrons. The molecule has 164 valence electrons. The molecule has 0 unspecified atom stereocenters. The van der Waals surface area contributed by atoms with Gasteiger partial charge >= 0.3 is 0 Å². The molecule has 0 heterocycles. The van der Waals surface area contributed by atoms with E-state index in [1.165, 1.54) is 5.56 Å². The number of hydrogen-bond acceptors (Lipinski definition) is 4. The zero-order valence-corrected chi connectivity index (χ0v) is 19.4. The fourth-order valence-electron chi connectivity index (χ4n) is 2.82. The molecule has 2 amide bonds. The van der Waals surface area contributed by atoms with Gasteiger partial charge in [-0.25, -0.2) is 5.43 Å². The quantitative estimate of drug-likeness (QED) is 0.328. The standard InChI is InChI=1S/C25H24ClN3O2S/c1-17(28-29-24(30)18(2)32-16-19-8-4-3-5-9-19)20-10-7-13-23(15-20)27-25(31)21-11-6-12-22(26)14-21/h3-15,18H,16H2,1-2H3,(H,27,31)(H,29,30)/t18-/m1/s1. The maximum Gasteiger partial charge on any atom is 0.255 e. The summed E-state index contributed by atoms with van der Waals surface area (Å²) >= 11 is 7.52. The van der Waals surface area contributed by atoms with Crippen LogP contribution in [0.3, 0.4) is 0 Å². The van der Waals surface area contributed by atoms with E-state index in [2.05, 4.69) is 15.8 Å². The number of rotatable bonds is 8. The highest BCUT2D eigenvalue weighted by atomic mass is 35.5. The van der Waals surface area contributed by atoms with Crippen LogP contribution in [0.4, 0.5) is 5.69 Å².